The van der Waals surface area contributed by atoms with E-state index in [1.165, 1.54) is 23.1 Å². The summed E-state index contributed by atoms with van der Waals surface area (Å²) in [7, 11) is 0. The minimum atomic E-state index is -0.541. The fourth-order valence-corrected chi connectivity index (χ4v) is 4.86. The second-order valence-corrected chi connectivity index (χ2v) is 8.20. The van der Waals surface area contributed by atoms with Crippen molar-refractivity contribution in [2.24, 2.45) is 0 Å². The molecule has 0 spiro atoms. The van der Waals surface area contributed by atoms with E-state index < -0.39 is 11.9 Å². The van der Waals surface area contributed by atoms with Crippen LogP contribution in [0.1, 0.15) is 35.0 Å². The van der Waals surface area contributed by atoms with E-state index >= 15 is 0 Å². The number of nitriles is 1. The molecule has 0 aliphatic carbocycles. The number of hydrogen-bond acceptors (Lipinski definition) is 7. The third kappa shape index (κ3) is 4.61. The van der Waals surface area contributed by atoms with E-state index in [9.17, 15) is 14.9 Å². The highest BCUT2D eigenvalue weighted by molar-refractivity contribution is 8.03. The number of ether oxygens (including phenoxy) is 1. The standard InChI is InChI=1S/C22H20N2O3S2/c1-3-27-22(26)19-14(2)24-21(29-13-17(25)18-10-7-11-28-18)16(12-23)20(19)15-8-5-4-6-9-15/h4-11,20,24H,3,13H2,1-2H3. The van der Waals surface area contributed by atoms with Crippen LogP contribution >= 0.6 is 23.1 Å². The number of Topliss-reactive ketones (excluding diaryl/α,β-unsaturated/α-hetero) is 1. The summed E-state index contributed by atoms with van der Waals surface area (Å²) in [5.41, 5.74) is 2.29. The van der Waals surface area contributed by atoms with E-state index in [-0.39, 0.29) is 18.1 Å². The van der Waals surface area contributed by atoms with E-state index in [0.29, 0.717) is 26.7 Å². The number of ketones is 1. The van der Waals surface area contributed by atoms with Gasteiger partial charge in [0.15, 0.2) is 5.78 Å². The molecule has 1 aromatic heterocycles. The van der Waals surface area contributed by atoms with E-state index in [2.05, 4.69) is 11.4 Å². The third-order valence-corrected chi connectivity index (χ3v) is 6.35. The SMILES string of the molecule is CCOC(=O)C1=C(C)NC(SCC(=O)c2cccs2)=C(C#N)C1c1ccccc1. The van der Waals surface area contributed by atoms with Crippen LogP contribution in [0.2, 0.25) is 0 Å². The van der Waals surface area contributed by atoms with Crippen LogP contribution < -0.4 is 5.32 Å². The number of carbonyl (C=O) groups is 2. The van der Waals surface area contributed by atoms with Gasteiger partial charge < -0.3 is 10.1 Å². The molecule has 5 nitrogen and oxygen atoms in total. The van der Waals surface area contributed by atoms with Gasteiger partial charge in [0.05, 0.1) is 45.4 Å². The Morgan fingerprint density at radius 1 is 1.24 bits per heavy atom. The molecule has 2 heterocycles. The van der Waals surface area contributed by atoms with Crippen LogP contribution in [0.3, 0.4) is 0 Å². The molecule has 1 N–H and O–H groups in total. The van der Waals surface area contributed by atoms with Crippen LogP contribution in [0.25, 0.3) is 0 Å². The van der Waals surface area contributed by atoms with E-state index in [4.69, 9.17) is 4.74 Å². The minimum Gasteiger partial charge on any atom is -0.463 e. The lowest BCUT2D eigenvalue weighted by Crippen LogP contribution is -2.29. The number of thioether (sulfide) groups is 1. The van der Waals surface area contributed by atoms with Crippen LogP contribution in [0.5, 0.6) is 0 Å². The van der Waals surface area contributed by atoms with E-state index in [1.54, 1.807) is 19.9 Å². The van der Waals surface area contributed by atoms with E-state index in [1.807, 2.05) is 41.8 Å². The Labute approximate surface area is 178 Å². The van der Waals surface area contributed by atoms with Crippen molar-refractivity contribution in [2.45, 2.75) is 19.8 Å². The Morgan fingerprint density at radius 3 is 2.62 bits per heavy atom. The molecule has 2 aromatic rings. The summed E-state index contributed by atoms with van der Waals surface area (Å²) in [6.07, 6.45) is 0. The van der Waals surface area contributed by atoms with Gasteiger partial charge in [-0.3, -0.25) is 4.79 Å². The van der Waals surface area contributed by atoms with Gasteiger partial charge in [0, 0.05) is 5.70 Å². The molecule has 1 unspecified atom stereocenters. The van der Waals surface area contributed by atoms with Crippen LogP contribution in [0.15, 0.2) is 69.7 Å². The molecule has 1 aliphatic rings. The first-order valence-electron chi connectivity index (χ1n) is 9.10. The molecule has 3 rings (SSSR count). The van der Waals surface area contributed by atoms with Crippen molar-refractivity contribution < 1.29 is 14.3 Å². The van der Waals surface area contributed by atoms with Crippen molar-refractivity contribution in [3.63, 3.8) is 0 Å². The zero-order valence-corrected chi connectivity index (χ0v) is 17.7. The quantitative estimate of drug-likeness (QED) is 0.516. The average Bonchev–Trinajstić information content (AvgIpc) is 3.27. The smallest absolute Gasteiger partial charge is 0.336 e. The largest absolute Gasteiger partial charge is 0.463 e. The molecule has 0 fully saturated rings. The number of carbonyl (C=O) groups excluding carboxylic acids is 2. The van der Waals surface area contributed by atoms with E-state index in [0.717, 1.165) is 5.56 Å². The lowest BCUT2D eigenvalue weighted by molar-refractivity contribution is -0.138. The third-order valence-electron chi connectivity index (χ3n) is 4.42. The zero-order valence-electron chi connectivity index (χ0n) is 16.1. The average molecular weight is 425 g/mol. The maximum atomic E-state index is 12.7. The van der Waals surface area contributed by atoms with Crippen molar-refractivity contribution >= 4 is 34.9 Å². The molecule has 0 amide bonds. The molecule has 0 bridgehead atoms. The number of nitrogens with zero attached hydrogens (tertiary/aromatic N) is 1. The second-order valence-electron chi connectivity index (χ2n) is 6.27. The second kappa shape index (κ2) is 9.59. The van der Waals surface area contributed by atoms with Gasteiger partial charge in [-0.15, -0.1) is 11.3 Å². The molecule has 148 valence electrons. The number of thiophene rings is 1. The molecule has 29 heavy (non-hydrogen) atoms. The van der Waals surface area contributed by atoms with Gasteiger partial charge in [-0.25, -0.2) is 4.79 Å². The van der Waals surface area contributed by atoms with Gasteiger partial charge >= 0.3 is 5.97 Å². The fourth-order valence-electron chi connectivity index (χ4n) is 3.13. The summed E-state index contributed by atoms with van der Waals surface area (Å²) in [4.78, 5) is 25.8. The maximum Gasteiger partial charge on any atom is 0.336 e. The minimum absolute atomic E-state index is 0.00525. The van der Waals surface area contributed by atoms with Crippen LogP contribution in [0.4, 0.5) is 0 Å². The Balaban J connectivity index is 1.97. The number of rotatable bonds is 7. The predicted octanol–water partition coefficient (Wildman–Crippen LogP) is 4.62. The molecule has 0 saturated heterocycles. The molecule has 0 saturated carbocycles. The van der Waals surface area contributed by atoms with Gasteiger partial charge in [-0.05, 0) is 30.9 Å². The summed E-state index contributed by atoms with van der Waals surface area (Å²) in [5.74, 6) is -0.776. The summed E-state index contributed by atoms with van der Waals surface area (Å²) in [6, 6.07) is 15.3. The monoisotopic (exact) mass is 424 g/mol. The number of hydrogen-bond donors (Lipinski definition) is 1. The highest BCUT2D eigenvalue weighted by Gasteiger charge is 2.35. The normalized spacial score (nSPS) is 16.2. The number of allylic oxidation sites excluding steroid dienone is 2. The Kier molecular flexibility index (Phi) is 6.91. The molecule has 0 radical (unpaired) electrons. The molecular formula is C22H20N2O3S2. The van der Waals surface area contributed by atoms with Crippen LogP contribution in [-0.4, -0.2) is 24.1 Å². The lowest BCUT2D eigenvalue weighted by Gasteiger charge is -2.29. The van der Waals surface area contributed by atoms with Gasteiger partial charge in [0.25, 0.3) is 0 Å². The maximum absolute atomic E-state index is 12.7. The fraction of sp³-hybridized carbons (Fsp3) is 0.227. The van der Waals surface area contributed by atoms with Crippen molar-refractivity contribution in [1.82, 2.24) is 5.32 Å². The molecular weight excluding hydrogens is 404 g/mol. The number of benzene rings is 1. The Hall–Kier alpha value is -2.82. The molecule has 1 aromatic carbocycles. The van der Waals surface area contributed by atoms with Gasteiger partial charge in [-0.1, -0.05) is 48.2 Å². The lowest BCUT2D eigenvalue weighted by atomic mass is 9.82. The number of esters is 1. The topological polar surface area (TPSA) is 79.2 Å². The number of dihydropyridines is 1. The molecule has 7 heteroatoms. The Bertz CT molecular complexity index is 1000. The van der Waals surface area contributed by atoms with Crippen LogP contribution in [-0.2, 0) is 9.53 Å². The van der Waals surface area contributed by atoms with Crippen molar-refractivity contribution in [3.8, 4) is 6.07 Å². The van der Waals surface area contributed by atoms with Crippen LogP contribution in [0, 0.1) is 11.3 Å². The van der Waals surface area contributed by atoms with Gasteiger partial charge in [-0.2, -0.15) is 5.26 Å². The molecule has 1 aliphatic heterocycles. The highest BCUT2D eigenvalue weighted by Crippen LogP contribution is 2.41. The van der Waals surface area contributed by atoms with Crippen molar-refractivity contribution in [3.05, 3.63) is 80.2 Å². The first-order chi connectivity index (χ1) is 14.1. The first-order valence-corrected chi connectivity index (χ1v) is 11.0. The molecule has 1 atom stereocenters. The summed E-state index contributed by atoms with van der Waals surface area (Å²) < 4.78 is 5.25. The summed E-state index contributed by atoms with van der Waals surface area (Å²) in [5, 5.41) is 15.6. The van der Waals surface area contributed by atoms with Crippen molar-refractivity contribution in [2.75, 3.05) is 12.4 Å². The summed E-state index contributed by atoms with van der Waals surface area (Å²) >= 11 is 2.68. The zero-order chi connectivity index (χ0) is 20.8. The first kappa shape index (κ1) is 20.9. The predicted molar refractivity (Wildman–Crippen MR) is 115 cm³/mol. The number of nitrogens with one attached hydrogen (secondary N) is 1. The highest BCUT2D eigenvalue weighted by atomic mass is 32.2. The van der Waals surface area contributed by atoms with Crippen molar-refractivity contribution in [1.29, 1.82) is 5.26 Å². The summed E-state index contributed by atoms with van der Waals surface area (Å²) in [6.45, 7) is 3.79. The van der Waals surface area contributed by atoms with Gasteiger partial charge in [0.2, 0.25) is 0 Å². The van der Waals surface area contributed by atoms with Gasteiger partial charge in [0.1, 0.15) is 0 Å². The Morgan fingerprint density at radius 2 is 2.00 bits per heavy atom.